The molecule has 0 radical (unpaired) electrons. The SMILES string of the molecule is [N-]=[N+]=NC1C[C@H](n2cnc3c(NC4CC4)nc(N)nc32)O[C@@H]1CO. The number of aliphatic hydroxyl groups excluding tert-OH is 1. The number of azide groups is 1. The zero-order valence-corrected chi connectivity index (χ0v) is 12.8. The van der Waals surface area contributed by atoms with Crippen molar-refractivity contribution in [2.24, 2.45) is 5.11 Å². The summed E-state index contributed by atoms with van der Waals surface area (Å²) in [5, 5.41) is 16.4. The summed E-state index contributed by atoms with van der Waals surface area (Å²) in [5.74, 6) is 0.762. The molecular weight excluding hydrogens is 314 g/mol. The molecule has 1 aliphatic carbocycles. The predicted octanol–water partition coefficient (Wildman–Crippen LogP) is 0.942. The second kappa shape index (κ2) is 5.78. The van der Waals surface area contributed by atoms with Crippen LogP contribution in [0.4, 0.5) is 11.8 Å². The molecule has 1 aliphatic heterocycles. The Morgan fingerprint density at radius 1 is 1.50 bits per heavy atom. The third-order valence-electron chi connectivity index (χ3n) is 4.25. The molecule has 126 valence electrons. The van der Waals surface area contributed by atoms with E-state index in [1.54, 1.807) is 10.9 Å². The van der Waals surface area contributed by atoms with Crippen LogP contribution in [0.1, 0.15) is 25.5 Å². The number of imidazole rings is 1. The van der Waals surface area contributed by atoms with Gasteiger partial charge in [0.1, 0.15) is 6.23 Å². The minimum Gasteiger partial charge on any atom is -0.394 e. The monoisotopic (exact) mass is 331 g/mol. The molecule has 4 rings (SSSR count). The van der Waals surface area contributed by atoms with Crippen LogP contribution in [0, 0.1) is 0 Å². The summed E-state index contributed by atoms with van der Waals surface area (Å²) in [5.41, 5.74) is 15.6. The molecule has 0 amide bonds. The van der Waals surface area contributed by atoms with Gasteiger partial charge in [-0.25, -0.2) is 4.98 Å². The van der Waals surface area contributed by atoms with Gasteiger partial charge in [-0.1, -0.05) is 5.11 Å². The molecule has 11 heteroatoms. The molecule has 24 heavy (non-hydrogen) atoms. The molecule has 1 unspecified atom stereocenters. The molecule has 0 spiro atoms. The van der Waals surface area contributed by atoms with Crippen molar-refractivity contribution < 1.29 is 9.84 Å². The Morgan fingerprint density at radius 3 is 3.04 bits per heavy atom. The van der Waals surface area contributed by atoms with Crippen LogP contribution in [0.5, 0.6) is 0 Å². The molecule has 0 bridgehead atoms. The van der Waals surface area contributed by atoms with Crippen LogP contribution in [0.25, 0.3) is 21.6 Å². The fourth-order valence-electron chi connectivity index (χ4n) is 2.90. The first kappa shape index (κ1) is 14.9. The van der Waals surface area contributed by atoms with Crippen molar-refractivity contribution in [3.63, 3.8) is 0 Å². The van der Waals surface area contributed by atoms with Crippen LogP contribution in [-0.2, 0) is 4.74 Å². The molecule has 11 nitrogen and oxygen atoms in total. The quantitative estimate of drug-likeness (QED) is 0.417. The van der Waals surface area contributed by atoms with E-state index in [0.717, 1.165) is 12.8 Å². The van der Waals surface area contributed by atoms with E-state index in [2.05, 4.69) is 30.3 Å². The lowest BCUT2D eigenvalue weighted by Crippen LogP contribution is -2.22. The topological polar surface area (TPSA) is 160 Å². The van der Waals surface area contributed by atoms with Crippen LogP contribution in [0.15, 0.2) is 11.4 Å². The molecule has 1 saturated carbocycles. The molecule has 3 atom stereocenters. The number of hydrogen-bond acceptors (Lipinski definition) is 8. The maximum Gasteiger partial charge on any atom is 0.224 e. The Hall–Kier alpha value is -2.62. The number of nitrogens with zero attached hydrogens (tertiary/aromatic N) is 7. The average Bonchev–Trinajstić information content (AvgIpc) is 3.13. The van der Waals surface area contributed by atoms with Crippen molar-refractivity contribution in [2.75, 3.05) is 17.7 Å². The largest absolute Gasteiger partial charge is 0.394 e. The highest BCUT2D eigenvalue weighted by atomic mass is 16.5. The van der Waals surface area contributed by atoms with E-state index >= 15 is 0 Å². The van der Waals surface area contributed by atoms with Crippen LogP contribution in [-0.4, -0.2) is 49.4 Å². The number of anilines is 2. The minimum atomic E-state index is -0.549. The third-order valence-corrected chi connectivity index (χ3v) is 4.25. The van der Waals surface area contributed by atoms with Crippen molar-refractivity contribution in [3.05, 3.63) is 16.8 Å². The predicted molar refractivity (Wildman–Crippen MR) is 84.9 cm³/mol. The lowest BCUT2D eigenvalue weighted by atomic mass is 10.1. The number of rotatable bonds is 5. The Balaban J connectivity index is 1.69. The van der Waals surface area contributed by atoms with Crippen molar-refractivity contribution in [1.29, 1.82) is 0 Å². The number of nitrogens with one attached hydrogen (secondary N) is 1. The van der Waals surface area contributed by atoms with Crippen molar-refractivity contribution in [2.45, 2.75) is 43.7 Å². The highest BCUT2D eigenvalue weighted by Gasteiger charge is 2.36. The Morgan fingerprint density at radius 2 is 2.33 bits per heavy atom. The number of aromatic nitrogens is 4. The second-order valence-electron chi connectivity index (χ2n) is 5.99. The first-order valence-electron chi connectivity index (χ1n) is 7.76. The summed E-state index contributed by atoms with van der Waals surface area (Å²) in [6.45, 7) is -0.224. The number of nitrogen functional groups attached to an aromatic ring is 1. The summed E-state index contributed by atoms with van der Waals surface area (Å²) in [4.78, 5) is 15.7. The van der Waals surface area contributed by atoms with E-state index in [9.17, 15) is 5.11 Å². The van der Waals surface area contributed by atoms with E-state index in [4.69, 9.17) is 16.0 Å². The van der Waals surface area contributed by atoms with Gasteiger partial charge in [0.05, 0.1) is 25.1 Å². The van der Waals surface area contributed by atoms with Gasteiger partial charge >= 0.3 is 0 Å². The summed E-state index contributed by atoms with van der Waals surface area (Å²) < 4.78 is 7.53. The van der Waals surface area contributed by atoms with Crippen molar-refractivity contribution >= 4 is 22.9 Å². The van der Waals surface area contributed by atoms with E-state index in [1.807, 2.05) is 0 Å². The highest BCUT2D eigenvalue weighted by molar-refractivity contribution is 5.84. The maximum absolute atomic E-state index is 9.40. The maximum atomic E-state index is 9.40. The summed E-state index contributed by atoms with van der Waals surface area (Å²) >= 11 is 0. The summed E-state index contributed by atoms with van der Waals surface area (Å²) in [6, 6.07) is -0.0332. The van der Waals surface area contributed by atoms with Gasteiger partial charge in [-0.05, 0) is 18.4 Å². The number of hydrogen-bond donors (Lipinski definition) is 3. The molecule has 0 aromatic carbocycles. The number of fused-ring (bicyclic) bond motifs is 1. The van der Waals surface area contributed by atoms with E-state index in [-0.39, 0.29) is 12.6 Å². The van der Waals surface area contributed by atoms with Gasteiger partial charge in [0, 0.05) is 17.4 Å². The Kier molecular flexibility index (Phi) is 3.60. The van der Waals surface area contributed by atoms with Gasteiger partial charge in [0.15, 0.2) is 17.0 Å². The molecule has 2 aromatic rings. The number of ether oxygens (including phenoxy) is 1. The van der Waals surface area contributed by atoms with Crippen LogP contribution in [0.3, 0.4) is 0 Å². The molecular formula is C13H17N9O2. The minimum absolute atomic E-state index is 0.149. The molecule has 4 N–H and O–H groups in total. The van der Waals surface area contributed by atoms with Gasteiger partial charge < -0.3 is 20.9 Å². The number of nitrogens with two attached hydrogens (primary N) is 1. The van der Waals surface area contributed by atoms with Crippen LogP contribution < -0.4 is 11.1 Å². The first-order chi connectivity index (χ1) is 11.7. The highest BCUT2D eigenvalue weighted by Crippen LogP contribution is 2.34. The van der Waals surface area contributed by atoms with Gasteiger partial charge in [-0.15, -0.1) is 0 Å². The summed E-state index contributed by atoms with van der Waals surface area (Å²) in [6.07, 6.45) is 3.25. The normalized spacial score (nSPS) is 26.5. The zero-order valence-electron chi connectivity index (χ0n) is 12.8. The van der Waals surface area contributed by atoms with Gasteiger partial charge in [0.25, 0.3) is 0 Å². The average molecular weight is 331 g/mol. The second-order valence-corrected chi connectivity index (χ2v) is 5.99. The molecule has 2 aliphatic rings. The van der Waals surface area contributed by atoms with Crippen LogP contribution in [0.2, 0.25) is 0 Å². The Bertz CT molecular complexity index is 811. The summed E-state index contributed by atoms with van der Waals surface area (Å²) in [7, 11) is 0. The first-order valence-corrected chi connectivity index (χ1v) is 7.76. The fourth-order valence-corrected chi connectivity index (χ4v) is 2.90. The molecule has 2 aromatic heterocycles. The van der Waals surface area contributed by atoms with Crippen LogP contribution >= 0.6 is 0 Å². The van der Waals surface area contributed by atoms with E-state index in [0.29, 0.717) is 29.4 Å². The fraction of sp³-hybridized carbons (Fsp3) is 0.615. The van der Waals surface area contributed by atoms with E-state index in [1.165, 1.54) is 0 Å². The molecule has 3 heterocycles. The lowest BCUT2D eigenvalue weighted by Gasteiger charge is -2.14. The van der Waals surface area contributed by atoms with Crippen molar-refractivity contribution in [1.82, 2.24) is 19.5 Å². The standard InChI is InChI=1S/C13H17N9O2/c14-13-18-11(17-6-1-2-6)10-12(19-13)22(5-16-10)9-3-7(20-21-15)8(4-23)24-9/h5-9,23H,1-4H2,(H3,14,17,18,19)/t7?,8-,9-/m1/s1. The third kappa shape index (κ3) is 2.58. The Labute approximate surface area is 136 Å². The van der Waals surface area contributed by atoms with Gasteiger partial charge in [-0.2, -0.15) is 9.97 Å². The smallest absolute Gasteiger partial charge is 0.224 e. The molecule has 1 saturated heterocycles. The number of aliphatic hydroxyl groups is 1. The van der Waals surface area contributed by atoms with Crippen molar-refractivity contribution in [3.8, 4) is 0 Å². The van der Waals surface area contributed by atoms with Gasteiger partial charge in [-0.3, -0.25) is 4.57 Å². The molecule has 2 fully saturated rings. The van der Waals surface area contributed by atoms with E-state index < -0.39 is 18.4 Å². The zero-order chi connectivity index (χ0) is 16.7. The lowest BCUT2D eigenvalue weighted by molar-refractivity contribution is -0.0232. The van der Waals surface area contributed by atoms with Gasteiger partial charge in [0.2, 0.25) is 5.95 Å².